The van der Waals surface area contributed by atoms with Gasteiger partial charge in [0, 0.05) is 40.3 Å². The molecule has 0 spiro atoms. The van der Waals surface area contributed by atoms with Gasteiger partial charge in [-0.3, -0.25) is 19.6 Å². The number of hydrogen-bond donors (Lipinski definition) is 2. The maximum Gasteiger partial charge on any atom is 0.260 e. The molecule has 0 radical (unpaired) electrons. The Morgan fingerprint density at radius 2 is 1.21 bits per heavy atom. The first-order valence-corrected chi connectivity index (χ1v) is 4.11. The molecule has 6 nitrogen and oxygen atoms in total. The van der Waals surface area contributed by atoms with Crippen molar-refractivity contribution in [1.82, 2.24) is 20.9 Å². The molecule has 0 aliphatic rings. The van der Waals surface area contributed by atoms with Gasteiger partial charge in [0.05, 0.1) is 0 Å². The largest absolute Gasteiger partial charge is 0.278 e. The van der Waals surface area contributed by atoms with E-state index in [1.807, 2.05) is 0 Å². The second-order valence-corrected chi connectivity index (χ2v) is 2.58. The monoisotopic (exact) mass is 200 g/mol. The molecule has 80 valence electrons. The molecular formula is C8H16N4O2. The molecule has 0 atom stereocenters. The molecule has 2 amide bonds. The van der Waals surface area contributed by atoms with Crippen LogP contribution in [0.3, 0.4) is 0 Å². The van der Waals surface area contributed by atoms with Gasteiger partial charge in [-0.05, 0) is 0 Å². The van der Waals surface area contributed by atoms with Crippen molar-refractivity contribution in [1.29, 1.82) is 0 Å². The van der Waals surface area contributed by atoms with E-state index in [9.17, 15) is 9.59 Å². The first-order chi connectivity index (χ1) is 6.52. The van der Waals surface area contributed by atoms with Gasteiger partial charge in [-0.25, -0.2) is 10.9 Å². The van der Waals surface area contributed by atoms with Crippen molar-refractivity contribution in [3.05, 3.63) is 12.2 Å². The lowest BCUT2D eigenvalue weighted by Gasteiger charge is -2.13. The number of amides is 2. The minimum atomic E-state index is -0.287. The van der Waals surface area contributed by atoms with Gasteiger partial charge in [0.15, 0.2) is 0 Å². The number of hydrazine groups is 2. The van der Waals surface area contributed by atoms with E-state index in [0.29, 0.717) is 0 Å². The highest BCUT2D eigenvalue weighted by Gasteiger charge is 2.04. The van der Waals surface area contributed by atoms with E-state index in [1.165, 1.54) is 22.2 Å². The number of hydrogen-bond acceptors (Lipinski definition) is 4. The summed E-state index contributed by atoms with van der Waals surface area (Å²) in [5.41, 5.74) is 5.25. The summed E-state index contributed by atoms with van der Waals surface area (Å²) in [6.07, 6.45) is 2.40. The van der Waals surface area contributed by atoms with Crippen molar-refractivity contribution < 1.29 is 9.59 Å². The van der Waals surface area contributed by atoms with E-state index in [1.54, 1.807) is 28.2 Å². The normalized spacial score (nSPS) is 10.3. The first-order valence-electron chi connectivity index (χ1n) is 4.11. The fraction of sp³-hybridized carbons (Fsp3) is 0.500. The highest BCUT2D eigenvalue weighted by molar-refractivity contribution is 5.96. The minimum Gasteiger partial charge on any atom is -0.278 e. The summed E-state index contributed by atoms with van der Waals surface area (Å²) >= 11 is 0. The molecule has 0 aromatic carbocycles. The van der Waals surface area contributed by atoms with Crippen LogP contribution in [0.5, 0.6) is 0 Å². The Morgan fingerprint density at radius 1 is 0.929 bits per heavy atom. The van der Waals surface area contributed by atoms with Crippen molar-refractivity contribution >= 4 is 11.8 Å². The van der Waals surface area contributed by atoms with E-state index in [2.05, 4.69) is 10.9 Å². The molecule has 0 bridgehead atoms. The Labute approximate surface area is 83.5 Å². The highest BCUT2D eigenvalue weighted by atomic mass is 16.2. The molecule has 0 saturated heterocycles. The highest BCUT2D eigenvalue weighted by Crippen LogP contribution is 1.85. The van der Waals surface area contributed by atoms with Gasteiger partial charge in [-0.1, -0.05) is 0 Å². The summed E-state index contributed by atoms with van der Waals surface area (Å²) in [5.74, 6) is -0.573. The Hall–Kier alpha value is -1.40. The molecule has 0 aliphatic heterocycles. The molecule has 0 aromatic heterocycles. The second-order valence-electron chi connectivity index (χ2n) is 2.58. The standard InChI is InChI=1S/C8H16N4O2/c1-9-11(3)7(13)5-6-8(14)12(4)10-2/h5-6,9-10H,1-4H3/b6-5-. The summed E-state index contributed by atoms with van der Waals surface area (Å²) in [5, 5.41) is 2.53. The zero-order chi connectivity index (χ0) is 11.1. The summed E-state index contributed by atoms with van der Waals surface area (Å²) < 4.78 is 0. The van der Waals surface area contributed by atoms with Gasteiger partial charge in [-0.2, -0.15) is 0 Å². The minimum absolute atomic E-state index is 0.287. The zero-order valence-electron chi connectivity index (χ0n) is 8.87. The SMILES string of the molecule is CNN(C)C(=O)/C=C\C(=O)N(C)NC. The van der Waals surface area contributed by atoms with Gasteiger partial charge in [0.2, 0.25) is 0 Å². The second kappa shape index (κ2) is 6.11. The van der Waals surface area contributed by atoms with Crippen molar-refractivity contribution in [2.75, 3.05) is 28.2 Å². The number of carbonyl (C=O) groups excluding carboxylic acids is 2. The third-order valence-electron chi connectivity index (χ3n) is 1.70. The van der Waals surface area contributed by atoms with Crippen molar-refractivity contribution in [2.45, 2.75) is 0 Å². The molecule has 0 saturated carbocycles. The predicted molar refractivity (Wildman–Crippen MR) is 52.8 cm³/mol. The first kappa shape index (κ1) is 12.6. The predicted octanol–water partition coefficient (Wildman–Crippen LogP) is -1.27. The van der Waals surface area contributed by atoms with Crippen LogP contribution in [0.15, 0.2) is 12.2 Å². The fourth-order valence-electron chi connectivity index (χ4n) is 0.587. The number of nitrogens with one attached hydrogen (secondary N) is 2. The smallest absolute Gasteiger partial charge is 0.260 e. The average Bonchev–Trinajstić information content (AvgIpc) is 2.22. The van der Waals surface area contributed by atoms with Crippen molar-refractivity contribution in [2.24, 2.45) is 0 Å². The van der Waals surface area contributed by atoms with Crippen LogP contribution in [-0.4, -0.2) is 50.0 Å². The van der Waals surface area contributed by atoms with Crippen LogP contribution in [0.1, 0.15) is 0 Å². The molecule has 0 fully saturated rings. The third kappa shape index (κ3) is 4.01. The Kier molecular flexibility index (Phi) is 5.50. The molecule has 2 N–H and O–H groups in total. The summed E-state index contributed by atoms with van der Waals surface area (Å²) in [6, 6.07) is 0. The van der Waals surface area contributed by atoms with Crippen LogP contribution in [0.4, 0.5) is 0 Å². The fourth-order valence-corrected chi connectivity index (χ4v) is 0.587. The molecule has 14 heavy (non-hydrogen) atoms. The number of likely N-dealkylation sites (N-methyl/N-ethyl adjacent to an activating group) is 2. The van der Waals surface area contributed by atoms with Crippen LogP contribution >= 0.6 is 0 Å². The number of rotatable bonds is 4. The summed E-state index contributed by atoms with van der Waals surface area (Å²) in [7, 11) is 6.37. The van der Waals surface area contributed by atoms with Crippen LogP contribution in [0.25, 0.3) is 0 Å². The lowest BCUT2D eigenvalue weighted by atomic mass is 10.4. The van der Waals surface area contributed by atoms with E-state index >= 15 is 0 Å². The lowest BCUT2D eigenvalue weighted by Crippen LogP contribution is -2.37. The van der Waals surface area contributed by atoms with Crippen LogP contribution in [-0.2, 0) is 9.59 Å². The van der Waals surface area contributed by atoms with E-state index in [-0.39, 0.29) is 11.8 Å². The van der Waals surface area contributed by atoms with Gasteiger partial charge < -0.3 is 0 Å². The van der Waals surface area contributed by atoms with Gasteiger partial charge in [0.1, 0.15) is 0 Å². The molecule has 0 unspecified atom stereocenters. The Balaban J connectivity index is 4.17. The molecule has 0 aromatic rings. The third-order valence-corrected chi connectivity index (χ3v) is 1.70. The molecule has 6 heteroatoms. The quantitative estimate of drug-likeness (QED) is 0.438. The summed E-state index contributed by atoms with van der Waals surface area (Å²) in [4.78, 5) is 22.3. The Morgan fingerprint density at radius 3 is 1.43 bits per heavy atom. The van der Waals surface area contributed by atoms with Crippen LogP contribution in [0, 0.1) is 0 Å². The van der Waals surface area contributed by atoms with Gasteiger partial charge >= 0.3 is 0 Å². The van der Waals surface area contributed by atoms with Gasteiger partial charge in [-0.15, -0.1) is 0 Å². The van der Waals surface area contributed by atoms with Crippen molar-refractivity contribution in [3.63, 3.8) is 0 Å². The maximum absolute atomic E-state index is 11.2. The Bertz CT molecular complexity index is 215. The zero-order valence-corrected chi connectivity index (χ0v) is 8.87. The topological polar surface area (TPSA) is 64.7 Å². The van der Waals surface area contributed by atoms with E-state index in [4.69, 9.17) is 0 Å². The molecule has 0 heterocycles. The van der Waals surface area contributed by atoms with E-state index < -0.39 is 0 Å². The average molecular weight is 200 g/mol. The maximum atomic E-state index is 11.2. The van der Waals surface area contributed by atoms with Crippen LogP contribution < -0.4 is 10.9 Å². The molecule has 0 rings (SSSR count). The molecular weight excluding hydrogens is 184 g/mol. The van der Waals surface area contributed by atoms with Crippen LogP contribution in [0.2, 0.25) is 0 Å². The number of nitrogens with zero attached hydrogens (tertiary/aromatic N) is 2. The molecule has 0 aliphatic carbocycles. The van der Waals surface area contributed by atoms with E-state index in [0.717, 1.165) is 0 Å². The van der Waals surface area contributed by atoms with Gasteiger partial charge in [0.25, 0.3) is 11.8 Å². The number of carbonyl (C=O) groups is 2. The lowest BCUT2D eigenvalue weighted by molar-refractivity contribution is -0.129. The van der Waals surface area contributed by atoms with Crippen molar-refractivity contribution in [3.8, 4) is 0 Å². The summed E-state index contributed by atoms with van der Waals surface area (Å²) in [6.45, 7) is 0.